The van der Waals surface area contributed by atoms with Gasteiger partial charge in [-0.15, -0.1) is 0 Å². The van der Waals surface area contributed by atoms with E-state index in [4.69, 9.17) is 0 Å². The average molecular weight is 326 g/mol. The number of rotatable bonds is 4. The third kappa shape index (κ3) is 2.98. The monoisotopic (exact) mass is 326 g/mol. The van der Waals surface area contributed by atoms with Crippen molar-refractivity contribution in [2.24, 2.45) is 0 Å². The topological polar surface area (TPSA) is 75.9 Å². The fourth-order valence-electron chi connectivity index (χ4n) is 3.72. The van der Waals surface area contributed by atoms with E-state index in [1.54, 1.807) is 18.5 Å². The van der Waals surface area contributed by atoms with Crippen LogP contribution in [0.25, 0.3) is 0 Å². The van der Waals surface area contributed by atoms with Crippen molar-refractivity contribution >= 4 is 11.9 Å². The first-order valence-electron chi connectivity index (χ1n) is 8.67. The van der Waals surface area contributed by atoms with Gasteiger partial charge in [-0.3, -0.25) is 4.79 Å². The lowest BCUT2D eigenvalue weighted by Crippen LogP contribution is -2.38. The van der Waals surface area contributed by atoms with Crippen LogP contribution in [0.15, 0.2) is 31.0 Å². The molecule has 2 aromatic rings. The average Bonchev–Trinajstić information content (AvgIpc) is 3.36. The summed E-state index contributed by atoms with van der Waals surface area (Å²) in [5, 5.41) is 3.15. The van der Waals surface area contributed by atoms with E-state index >= 15 is 0 Å². The molecule has 2 aliphatic rings. The molecule has 1 aliphatic carbocycles. The summed E-state index contributed by atoms with van der Waals surface area (Å²) >= 11 is 0. The summed E-state index contributed by atoms with van der Waals surface area (Å²) in [6, 6.07) is 2.09. The molecule has 7 nitrogen and oxygen atoms in total. The molecule has 1 amide bonds. The maximum Gasteiger partial charge on any atom is 0.270 e. The molecule has 0 spiro atoms. The summed E-state index contributed by atoms with van der Waals surface area (Å²) in [4.78, 5) is 27.7. The van der Waals surface area contributed by atoms with E-state index < -0.39 is 0 Å². The van der Waals surface area contributed by atoms with E-state index in [2.05, 4.69) is 29.7 Å². The molecule has 0 aromatic carbocycles. The Bertz CT molecular complexity index is 695. The molecule has 126 valence electrons. The van der Waals surface area contributed by atoms with Crippen LogP contribution in [0.1, 0.15) is 48.6 Å². The second-order valence-corrected chi connectivity index (χ2v) is 6.52. The molecule has 2 atom stereocenters. The van der Waals surface area contributed by atoms with E-state index in [0.29, 0.717) is 11.6 Å². The molecule has 1 N–H and O–H groups in total. The van der Waals surface area contributed by atoms with Gasteiger partial charge in [0.1, 0.15) is 5.69 Å². The van der Waals surface area contributed by atoms with Crippen molar-refractivity contribution in [1.82, 2.24) is 24.8 Å². The predicted molar refractivity (Wildman–Crippen MR) is 89.8 cm³/mol. The van der Waals surface area contributed by atoms with Gasteiger partial charge in [-0.2, -0.15) is 0 Å². The Hall–Kier alpha value is -2.44. The third-order valence-corrected chi connectivity index (χ3v) is 4.97. The first kappa shape index (κ1) is 15.1. The van der Waals surface area contributed by atoms with Gasteiger partial charge < -0.3 is 14.8 Å². The molecule has 24 heavy (non-hydrogen) atoms. The summed E-state index contributed by atoms with van der Waals surface area (Å²) in [6.07, 6.45) is 12.7. The number of hydrogen-bond acceptors (Lipinski definition) is 5. The lowest BCUT2D eigenvalue weighted by molar-refractivity contribution is 0.0923. The van der Waals surface area contributed by atoms with E-state index in [1.165, 1.54) is 0 Å². The number of carbonyl (C=O) groups is 1. The number of imidazole rings is 1. The number of nitrogens with zero attached hydrogens (tertiary/aromatic N) is 5. The lowest BCUT2D eigenvalue weighted by atomic mass is 10.1. The first-order chi connectivity index (χ1) is 11.8. The second-order valence-electron chi connectivity index (χ2n) is 6.52. The summed E-state index contributed by atoms with van der Waals surface area (Å²) < 4.78 is 2.09. The van der Waals surface area contributed by atoms with E-state index in [1.807, 2.05) is 12.5 Å². The Morgan fingerprint density at radius 1 is 1.17 bits per heavy atom. The maximum absolute atomic E-state index is 12.6. The minimum atomic E-state index is -0.116. The van der Waals surface area contributed by atoms with Gasteiger partial charge in [-0.25, -0.2) is 15.0 Å². The Kier molecular flexibility index (Phi) is 4.15. The zero-order valence-corrected chi connectivity index (χ0v) is 13.6. The highest BCUT2D eigenvalue weighted by atomic mass is 16.2. The molecule has 1 saturated carbocycles. The van der Waals surface area contributed by atoms with Crippen LogP contribution in [0.5, 0.6) is 0 Å². The summed E-state index contributed by atoms with van der Waals surface area (Å²) in [5.74, 6) is 0.549. The van der Waals surface area contributed by atoms with Crippen LogP contribution in [-0.4, -0.2) is 44.6 Å². The summed E-state index contributed by atoms with van der Waals surface area (Å²) in [5.41, 5.74) is 0.447. The van der Waals surface area contributed by atoms with Gasteiger partial charge in [-0.05, 0) is 38.2 Å². The van der Waals surface area contributed by atoms with Crippen molar-refractivity contribution in [3.05, 3.63) is 36.7 Å². The highest BCUT2D eigenvalue weighted by Crippen LogP contribution is 2.30. The smallest absolute Gasteiger partial charge is 0.270 e. The SMILES string of the molecule is O=C(N[C@@H]1CCC[C@@H]1n1ccnc1)c1ccnc(N2CCCC2)n1. The van der Waals surface area contributed by atoms with Gasteiger partial charge in [0.25, 0.3) is 5.91 Å². The fourth-order valence-corrected chi connectivity index (χ4v) is 3.72. The van der Waals surface area contributed by atoms with Crippen molar-refractivity contribution in [3.8, 4) is 0 Å². The van der Waals surface area contributed by atoms with Crippen LogP contribution >= 0.6 is 0 Å². The predicted octanol–water partition coefficient (Wildman–Crippen LogP) is 1.80. The molecule has 2 aromatic heterocycles. The maximum atomic E-state index is 12.6. The normalized spacial score (nSPS) is 23.6. The minimum Gasteiger partial charge on any atom is -0.346 e. The number of carbonyl (C=O) groups excluding carboxylic acids is 1. The molecular formula is C17H22N6O. The van der Waals surface area contributed by atoms with E-state index in [0.717, 1.165) is 45.2 Å². The molecule has 4 rings (SSSR count). The first-order valence-corrected chi connectivity index (χ1v) is 8.67. The molecular weight excluding hydrogens is 304 g/mol. The molecule has 0 bridgehead atoms. The van der Waals surface area contributed by atoms with Crippen LogP contribution in [0, 0.1) is 0 Å². The minimum absolute atomic E-state index is 0.116. The molecule has 0 unspecified atom stereocenters. The van der Waals surface area contributed by atoms with Gasteiger partial charge >= 0.3 is 0 Å². The van der Waals surface area contributed by atoms with Gasteiger partial charge in [0.05, 0.1) is 12.4 Å². The number of aromatic nitrogens is 4. The van der Waals surface area contributed by atoms with Gasteiger partial charge in [0.2, 0.25) is 5.95 Å². The quantitative estimate of drug-likeness (QED) is 0.927. The van der Waals surface area contributed by atoms with Crippen molar-refractivity contribution < 1.29 is 4.79 Å². The van der Waals surface area contributed by atoms with E-state index in [-0.39, 0.29) is 18.0 Å². The Labute approximate surface area is 141 Å². The molecule has 1 saturated heterocycles. The highest BCUT2D eigenvalue weighted by molar-refractivity contribution is 5.92. The molecule has 2 fully saturated rings. The number of hydrogen-bond donors (Lipinski definition) is 1. The Morgan fingerprint density at radius 2 is 2.04 bits per heavy atom. The van der Waals surface area contributed by atoms with Crippen LogP contribution in [-0.2, 0) is 0 Å². The van der Waals surface area contributed by atoms with Crippen molar-refractivity contribution in [2.45, 2.75) is 44.2 Å². The van der Waals surface area contributed by atoms with Gasteiger partial charge in [0, 0.05) is 37.7 Å². The summed E-state index contributed by atoms with van der Waals surface area (Å²) in [7, 11) is 0. The second kappa shape index (κ2) is 6.59. The van der Waals surface area contributed by atoms with Crippen molar-refractivity contribution in [2.75, 3.05) is 18.0 Å². The van der Waals surface area contributed by atoms with Crippen molar-refractivity contribution in [1.29, 1.82) is 0 Å². The fraction of sp³-hybridized carbons (Fsp3) is 0.529. The zero-order valence-electron chi connectivity index (χ0n) is 13.6. The molecule has 3 heterocycles. The Morgan fingerprint density at radius 3 is 2.83 bits per heavy atom. The largest absolute Gasteiger partial charge is 0.346 e. The van der Waals surface area contributed by atoms with Gasteiger partial charge in [-0.1, -0.05) is 0 Å². The number of amides is 1. The van der Waals surface area contributed by atoms with Crippen molar-refractivity contribution in [3.63, 3.8) is 0 Å². The summed E-state index contributed by atoms with van der Waals surface area (Å²) in [6.45, 7) is 1.94. The zero-order chi connectivity index (χ0) is 16.4. The van der Waals surface area contributed by atoms with Crippen LogP contribution in [0.3, 0.4) is 0 Å². The highest BCUT2D eigenvalue weighted by Gasteiger charge is 2.30. The van der Waals surface area contributed by atoms with Crippen LogP contribution in [0.2, 0.25) is 0 Å². The van der Waals surface area contributed by atoms with Crippen LogP contribution < -0.4 is 10.2 Å². The number of nitrogens with one attached hydrogen (secondary N) is 1. The molecule has 7 heteroatoms. The number of anilines is 1. The standard InChI is InChI=1S/C17H22N6O/c24-16(14-6-7-19-17(21-14)22-9-1-2-10-22)20-13-4-3-5-15(13)23-11-8-18-12-23/h6-8,11-13,15H,1-5,9-10H2,(H,20,24)/t13-,15+/m1/s1. The molecule has 1 aliphatic heterocycles. The Balaban J connectivity index is 1.47. The third-order valence-electron chi connectivity index (χ3n) is 4.97. The lowest BCUT2D eigenvalue weighted by Gasteiger charge is -2.22. The van der Waals surface area contributed by atoms with Gasteiger partial charge in [0.15, 0.2) is 0 Å². The molecule has 0 radical (unpaired) electrons. The van der Waals surface area contributed by atoms with E-state index in [9.17, 15) is 4.79 Å². The van der Waals surface area contributed by atoms with Crippen LogP contribution in [0.4, 0.5) is 5.95 Å².